The third-order valence-corrected chi connectivity index (χ3v) is 3.54. The van der Waals surface area contributed by atoms with Gasteiger partial charge in [-0.3, -0.25) is 14.9 Å². The smallest absolute Gasteiger partial charge is 0.270 e. The number of likely N-dealkylation sites (N-methyl/N-ethyl adjacent to an activating group) is 1. The van der Waals surface area contributed by atoms with Gasteiger partial charge in [0, 0.05) is 24.7 Å². The minimum Gasteiger partial charge on any atom is -0.348 e. The number of carbonyl (C=O) groups excluding carboxylic acids is 1. The van der Waals surface area contributed by atoms with E-state index in [4.69, 9.17) is 11.6 Å². The van der Waals surface area contributed by atoms with Gasteiger partial charge in [-0.05, 0) is 26.1 Å². The van der Waals surface area contributed by atoms with Crippen LogP contribution in [-0.2, 0) is 0 Å². The number of nitrogens with one attached hydrogen (secondary N) is 1. The number of non-ortho nitro benzene ring substituents is 1. The van der Waals surface area contributed by atoms with E-state index in [0.717, 1.165) is 13.1 Å². The number of nitro benzene ring substituents is 1. The molecule has 21 heavy (non-hydrogen) atoms. The Hall–Kier alpha value is -1.66. The van der Waals surface area contributed by atoms with E-state index in [2.05, 4.69) is 24.1 Å². The number of nitrogens with zero attached hydrogens (tertiary/aromatic N) is 2. The molecule has 0 bridgehead atoms. The minimum absolute atomic E-state index is 0.0762. The number of amides is 1. The van der Waals surface area contributed by atoms with Crippen LogP contribution in [0.4, 0.5) is 5.69 Å². The molecule has 0 aliphatic rings. The van der Waals surface area contributed by atoms with Crippen LogP contribution in [0.5, 0.6) is 0 Å². The van der Waals surface area contributed by atoms with Gasteiger partial charge in [-0.1, -0.05) is 25.4 Å². The van der Waals surface area contributed by atoms with Gasteiger partial charge in [-0.15, -0.1) is 0 Å². The van der Waals surface area contributed by atoms with E-state index in [9.17, 15) is 14.9 Å². The number of benzene rings is 1. The van der Waals surface area contributed by atoms with Crippen molar-refractivity contribution in [1.29, 1.82) is 0 Å². The van der Waals surface area contributed by atoms with Gasteiger partial charge in [0.05, 0.1) is 15.5 Å². The molecule has 7 heteroatoms. The first-order valence-electron chi connectivity index (χ1n) is 6.86. The quantitative estimate of drug-likeness (QED) is 0.620. The van der Waals surface area contributed by atoms with E-state index in [-0.39, 0.29) is 22.3 Å². The molecular weight excluding hydrogens is 294 g/mol. The monoisotopic (exact) mass is 313 g/mol. The number of hydrogen-bond donors (Lipinski definition) is 1. The van der Waals surface area contributed by atoms with Crippen molar-refractivity contribution in [3.63, 3.8) is 0 Å². The first kappa shape index (κ1) is 17.4. The first-order chi connectivity index (χ1) is 9.88. The second-order valence-electron chi connectivity index (χ2n) is 4.78. The molecule has 116 valence electrons. The zero-order chi connectivity index (χ0) is 16.0. The highest BCUT2D eigenvalue weighted by Crippen LogP contribution is 2.22. The van der Waals surface area contributed by atoms with Crippen LogP contribution in [0.15, 0.2) is 18.2 Å². The predicted octanol–water partition coefficient (Wildman–Crippen LogP) is 2.71. The van der Waals surface area contributed by atoms with Gasteiger partial charge in [0.15, 0.2) is 0 Å². The highest BCUT2D eigenvalue weighted by atomic mass is 35.5. The van der Waals surface area contributed by atoms with Crippen molar-refractivity contribution in [3.8, 4) is 0 Å². The molecule has 1 aromatic carbocycles. The molecule has 0 aliphatic carbocycles. The SMILES string of the molecule is CCN(CC)CC(C)NC(=O)c1cc([N+](=O)[O-])ccc1Cl. The Kier molecular flexibility index (Phi) is 6.58. The van der Waals surface area contributed by atoms with Crippen LogP contribution in [-0.4, -0.2) is 41.4 Å². The summed E-state index contributed by atoms with van der Waals surface area (Å²) < 4.78 is 0. The molecule has 0 heterocycles. The molecule has 0 aromatic heterocycles. The van der Waals surface area contributed by atoms with Gasteiger partial charge < -0.3 is 10.2 Å². The van der Waals surface area contributed by atoms with Crippen molar-refractivity contribution in [2.75, 3.05) is 19.6 Å². The molecule has 0 aliphatic heterocycles. The molecule has 1 rings (SSSR count). The molecule has 6 nitrogen and oxygen atoms in total. The third-order valence-electron chi connectivity index (χ3n) is 3.21. The summed E-state index contributed by atoms with van der Waals surface area (Å²) in [5.74, 6) is -0.400. The molecule has 0 fully saturated rings. The molecule has 0 saturated heterocycles. The number of hydrogen-bond acceptors (Lipinski definition) is 4. The molecular formula is C14H20ClN3O3. The second kappa shape index (κ2) is 7.95. The van der Waals surface area contributed by atoms with Crippen LogP contribution < -0.4 is 5.32 Å². The lowest BCUT2D eigenvalue weighted by atomic mass is 10.1. The lowest BCUT2D eigenvalue weighted by molar-refractivity contribution is -0.384. The van der Waals surface area contributed by atoms with Crippen molar-refractivity contribution < 1.29 is 9.72 Å². The number of carbonyl (C=O) groups is 1. The van der Waals surface area contributed by atoms with Crippen LogP contribution in [0.25, 0.3) is 0 Å². The lowest BCUT2D eigenvalue weighted by Gasteiger charge is -2.23. The maximum atomic E-state index is 12.2. The molecule has 1 N–H and O–H groups in total. The van der Waals surface area contributed by atoms with Crippen LogP contribution in [0.3, 0.4) is 0 Å². The van der Waals surface area contributed by atoms with E-state index in [1.165, 1.54) is 18.2 Å². The van der Waals surface area contributed by atoms with Crippen LogP contribution >= 0.6 is 11.6 Å². The maximum absolute atomic E-state index is 12.2. The predicted molar refractivity (Wildman–Crippen MR) is 82.8 cm³/mol. The molecule has 0 spiro atoms. The fourth-order valence-electron chi connectivity index (χ4n) is 2.02. The molecule has 0 saturated carbocycles. The van der Waals surface area contributed by atoms with Gasteiger partial charge in [-0.25, -0.2) is 0 Å². The zero-order valence-electron chi connectivity index (χ0n) is 12.4. The van der Waals surface area contributed by atoms with E-state index in [1.807, 2.05) is 6.92 Å². The van der Waals surface area contributed by atoms with E-state index < -0.39 is 10.8 Å². The first-order valence-corrected chi connectivity index (χ1v) is 7.24. The average Bonchev–Trinajstić information content (AvgIpc) is 2.44. The number of halogens is 1. The Morgan fingerprint density at radius 1 is 1.43 bits per heavy atom. The third kappa shape index (κ3) is 4.99. The zero-order valence-corrected chi connectivity index (χ0v) is 13.2. The lowest BCUT2D eigenvalue weighted by Crippen LogP contribution is -2.42. The largest absolute Gasteiger partial charge is 0.348 e. The highest BCUT2D eigenvalue weighted by Gasteiger charge is 2.18. The standard InChI is InChI=1S/C14H20ClN3O3/c1-4-17(5-2)9-10(3)16-14(19)12-8-11(18(20)21)6-7-13(12)15/h6-8,10H,4-5,9H2,1-3H3,(H,16,19). The van der Waals surface area contributed by atoms with E-state index in [0.29, 0.717) is 6.54 Å². The summed E-state index contributed by atoms with van der Waals surface area (Å²) in [7, 11) is 0. The van der Waals surface area contributed by atoms with Crippen LogP contribution in [0, 0.1) is 10.1 Å². The summed E-state index contributed by atoms with van der Waals surface area (Å²) in [6.45, 7) is 8.50. The fourth-order valence-corrected chi connectivity index (χ4v) is 2.22. The van der Waals surface area contributed by atoms with Crippen LogP contribution in [0.2, 0.25) is 5.02 Å². The number of rotatable bonds is 7. The Morgan fingerprint density at radius 3 is 2.57 bits per heavy atom. The Balaban J connectivity index is 2.79. The Morgan fingerprint density at radius 2 is 2.05 bits per heavy atom. The Labute approximate surface area is 129 Å². The van der Waals surface area contributed by atoms with Gasteiger partial charge in [-0.2, -0.15) is 0 Å². The number of nitro groups is 1. The molecule has 0 radical (unpaired) electrons. The summed E-state index contributed by atoms with van der Waals surface area (Å²) in [4.78, 5) is 24.6. The molecule has 1 atom stereocenters. The summed E-state index contributed by atoms with van der Waals surface area (Å²) in [5.41, 5.74) is -0.0294. The van der Waals surface area contributed by atoms with E-state index in [1.54, 1.807) is 0 Å². The van der Waals surface area contributed by atoms with Crippen LogP contribution in [0.1, 0.15) is 31.1 Å². The second-order valence-corrected chi connectivity index (χ2v) is 5.19. The van der Waals surface area contributed by atoms with E-state index >= 15 is 0 Å². The summed E-state index contributed by atoms with van der Waals surface area (Å²) >= 11 is 5.95. The fraction of sp³-hybridized carbons (Fsp3) is 0.500. The molecule has 1 unspecified atom stereocenters. The summed E-state index contributed by atoms with van der Waals surface area (Å²) in [6, 6.07) is 3.76. The molecule has 1 amide bonds. The minimum atomic E-state index is -0.549. The van der Waals surface area contributed by atoms with Crippen molar-refractivity contribution in [2.45, 2.75) is 26.8 Å². The van der Waals surface area contributed by atoms with Crippen molar-refractivity contribution in [2.24, 2.45) is 0 Å². The van der Waals surface area contributed by atoms with Crippen molar-refractivity contribution in [1.82, 2.24) is 10.2 Å². The topological polar surface area (TPSA) is 75.5 Å². The maximum Gasteiger partial charge on any atom is 0.270 e. The molecule has 1 aromatic rings. The van der Waals surface area contributed by atoms with Gasteiger partial charge in [0.25, 0.3) is 11.6 Å². The van der Waals surface area contributed by atoms with Gasteiger partial charge in [0.2, 0.25) is 0 Å². The average molecular weight is 314 g/mol. The summed E-state index contributed by atoms with van der Waals surface area (Å²) in [6.07, 6.45) is 0. The highest BCUT2D eigenvalue weighted by molar-refractivity contribution is 6.33. The van der Waals surface area contributed by atoms with Gasteiger partial charge in [0.1, 0.15) is 0 Å². The Bertz CT molecular complexity index is 518. The normalized spacial score (nSPS) is 12.2. The summed E-state index contributed by atoms with van der Waals surface area (Å²) in [5, 5.41) is 13.8. The van der Waals surface area contributed by atoms with Gasteiger partial charge >= 0.3 is 0 Å². The van der Waals surface area contributed by atoms with Crippen molar-refractivity contribution >= 4 is 23.2 Å². The van der Waals surface area contributed by atoms with Crippen molar-refractivity contribution in [3.05, 3.63) is 38.9 Å².